The van der Waals surface area contributed by atoms with Crippen LogP contribution in [0.3, 0.4) is 0 Å². The molecular formula is C3H6O4P-. The molecule has 1 fully saturated rings. The van der Waals surface area contributed by atoms with Crippen molar-refractivity contribution in [3.63, 3.8) is 0 Å². The van der Waals surface area contributed by atoms with Crippen molar-refractivity contribution in [1.29, 1.82) is 0 Å². The molecule has 1 rings (SSSR count). The van der Waals surface area contributed by atoms with Crippen molar-refractivity contribution in [2.75, 3.05) is 6.61 Å². The highest BCUT2D eigenvalue weighted by atomic mass is 31.2. The second-order valence-electron chi connectivity index (χ2n) is 1.66. The van der Waals surface area contributed by atoms with Crippen LogP contribution in [0.5, 0.6) is 0 Å². The summed E-state index contributed by atoms with van der Waals surface area (Å²) >= 11 is 0. The second-order valence-corrected chi connectivity index (χ2v) is 3.02. The molecule has 8 heavy (non-hydrogen) atoms. The van der Waals surface area contributed by atoms with Crippen molar-refractivity contribution < 1.29 is 18.5 Å². The number of hydrogen-bond donors (Lipinski definition) is 0. The largest absolute Gasteiger partial charge is 0.756 e. The van der Waals surface area contributed by atoms with Crippen LogP contribution in [0.2, 0.25) is 0 Å². The van der Waals surface area contributed by atoms with Crippen LogP contribution in [0, 0.1) is 0 Å². The van der Waals surface area contributed by atoms with Crippen molar-refractivity contribution in [3.05, 3.63) is 0 Å². The molecule has 5 heteroatoms. The van der Waals surface area contributed by atoms with Crippen LogP contribution in [0.4, 0.5) is 0 Å². The van der Waals surface area contributed by atoms with Crippen LogP contribution in [0.25, 0.3) is 0 Å². The van der Waals surface area contributed by atoms with Gasteiger partial charge < -0.3 is 13.9 Å². The van der Waals surface area contributed by atoms with Gasteiger partial charge in [-0.2, -0.15) is 0 Å². The van der Waals surface area contributed by atoms with Gasteiger partial charge in [0.25, 0.3) is 7.82 Å². The average molecular weight is 137 g/mol. The summed E-state index contributed by atoms with van der Waals surface area (Å²) in [7, 11) is -3.85. The van der Waals surface area contributed by atoms with Gasteiger partial charge in [0.2, 0.25) is 0 Å². The number of phosphoric acid groups is 1. The van der Waals surface area contributed by atoms with Crippen LogP contribution in [0.1, 0.15) is 6.92 Å². The van der Waals surface area contributed by atoms with Crippen molar-refractivity contribution in [1.82, 2.24) is 0 Å². The fraction of sp³-hybridized carbons (Fsp3) is 1.00. The van der Waals surface area contributed by atoms with Gasteiger partial charge >= 0.3 is 0 Å². The number of hydrogen-bond acceptors (Lipinski definition) is 4. The molecule has 0 aliphatic carbocycles. The first-order valence-corrected chi connectivity index (χ1v) is 3.70. The Balaban J connectivity index is 2.57. The van der Waals surface area contributed by atoms with E-state index in [0.29, 0.717) is 0 Å². The lowest BCUT2D eigenvalue weighted by atomic mass is 10.5. The van der Waals surface area contributed by atoms with Crippen molar-refractivity contribution in [2.45, 2.75) is 13.0 Å². The molecule has 0 aromatic rings. The van der Waals surface area contributed by atoms with E-state index in [4.69, 9.17) is 0 Å². The van der Waals surface area contributed by atoms with Crippen LogP contribution in [-0.4, -0.2) is 12.7 Å². The maximum Gasteiger partial charge on any atom is 0.268 e. The minimum Gasteiger partial charge on any atom is -0.756 e. The molecule has 4 nitrogen and oxygen atoms in total. The normalized spacial score (nSPS) is 47.5. The molecule has 0 aromatic carbocycles. The minimum atomic E-state index is -3.85. The molecule has 0 saturated carbocycles. The van der Waals surface area contributed by atoms with E-state index in [1.807, 2.05) is 0 Å². The first-order valence-electron chi connectivity index (χ1n) is 2.24. The molecule has 0 aromatic heterocycles. The Morgan fingerprint density at radius 1 is 1.88 bits per heavy atom. The summed E-state index contributed by atoms with van der Waals surface area (Å²) in [5.41, 5.74) is 0. The quantitative estimate of drug-likeness (QED) is 0.437. The summed E-state index contributed by atoms with van der Waals surface area (Å²) in [6.07, 6.45) is -0.307. The predicted molar refractivity (Wildman–Crippen MR) is 24.1 cm³/mol. The Labute approximate surface area is 47.0 Å². The first-order chi connectivity index (χ1) is 3.60. The Morgan fingerprint density at radius 3 is 2.62 bits per heavy atom. The topological polar surface area (TPSA) is 58.6 Å². The van der Waals surface area contributed by atoms with Gasteiger partial charge in [0, 0.05) is 0 Å². The zero-order valence-electron chi connectivity index (χ0n) is 4.36. The average Bonchev–Trinajstić information content (AvgIpc) is 1.82. The van der Waals surface area contributed by atoms with E-state index >= 15 is 0 Å². The van der Waals surface area contributed by atoms with Gasteiger partial charge in [-0.1, -0.05) is 0 Å². The molecule has 0 N–H and O–H groups in total. The van der Waals surface area contributed by atoms with Gasteiger partial charge in [-0.3, -0.25) is 4.57 Å². The van der Waals surface area contributed by atoms with Crippen molar-refractivity contribution in [3.8, 4) is 0 Å². The maximum atomic E-state index is 10.2. The predicted octanol–water partition coefficient (Wildman–Crippen LogP) is -0.110. The second kappa shape index (κ2) is 1.81. The van der Waals surface area contributed by atoms with E-state index in [2.05, 4.69) is 9.05 Å². The van der Waals surface area contributed by atoms with Crippen LogP contribution in [-0.2, 0) is 13.6 Å². The third kappa shape index (κ3) is 1.29. The van der Waals surface area contributed by atoms with Crippen LogP contribution in [0.15, 0.2) is 0 Å². The molecular weight excluding hydrogens is 131 g/mol. The molecule has 48 valence electrons. The molecule has 1 aliphatic rings. The molecule has 0 spiro atoms. The highest BCUT2D eigenvalue weighted by molar-refractivity contribution is 7.46. The fourth-order valence-corrected chi connectivity index (χ4v) is 1.43. The summed E-state index contributed by atoms with van der Waals surface area (Å²) in [5, 5.41) is 0. The third-order valence-electron chi connectivity index (χ3n) is 0.776. The van der Waals surface area contributed by atoms with Crippen LogP contribution >= 0.6 is 7.82 Å². The summed E-state index contributed by atoms with van der Waals surface area (Å²) in [6, 6.07) is 0. The van der Waals surface area contributed by atoms with Gasteiger partial charge in [0.05, 0.1) is 12.7 Å². The van der Waals surface area contributed by atoms with Gasteiger partial charge in [-0.05, 0) is 6.92 Å². The third-order valence-corrected chi connectivity index (χ3v) is 1.86. The summed E-state index contributed by atoms with van der Waals surface area (Å²) < 4.78 is 18.8. The maximum absolute atomic E-state index is 10.2. The molecule has 2 atom stereocenters. The Kier molecular flexibility index (Phi) is 1.41. The zero-order chi connectivity index (χ0) is 6.20. The summed E-state index contributed by atoms with van der Waals surface area (Å²) in [6.45, 7) is 1.79. The lowest BCUT2D eigenvalue weighted by Crippen LogP contribution is -2.02. The van der Waals surface area contributed by atoms with Gasteiger partial charge in [0.15, 0.2) is 0 Å². The van der Waals surface area contributed by atoms with E-state index in [9.17, 15) is 9.46 Å². The van der Waals surface area contributed by atoms with E-state index < -0.39 is 7.82 Å². The SMILES string of the molecule is CC1COP(=O)([O-])O1. The monoisotopic (exact) mass is 137 g/mol. The Morgan fingerprint density at radius 2 is 2.50 bits per heavy atom. The van der Waals surface area contributed by atoms with Crippen molar-refractivity contribution >= 4 is 7.82 Å². The minimum absolute atomic E-state index is 0.154. The highest BCUT2D eigenvalue weighted by Crippen LogP contribution is 2.44. The molecule has 1 saturated heterocycles. The van der Waals surface area contributed by atoms with E-state index in [0.717, 1.165) is 0 Å². The molecule has 0 radical (unpaired) electrons. The number of rotatable bonds is 0. The lowest BCUT2D eigenvalue weighted by molar-refractivity contribution is -0.214. The van der Waals surface area contributed by atoms with Gasteiger partial charge in [-0.25, -0.2) is 0 Å². The standard InChI is InChI=1S/C3H7O4P/c1-3-2-6-8(4,5)7-3/h3H,2H2,1H3,(H,4,5)/p-1. The summed E-state index contributed by atoms with van der Waals surface area (Å²) in [5.74, 6) is 0. The first kappa shape index (κ1) is 6.23. The van der Waals surface area contributed by atoms with Crippen molar-refractivity contribution in [2.24, 2.45) is 0 Å². The Bertz CT molecular complexity index is 133. The summed E-state index contributed by atoms with van der Waals surface area (Å²) in [4.78, 5) is 10.2. The number of phosphoric ester groups is 1. The van der Waals surface area contributed by atoms with E-state index in [1.54, 1.807) is 6.92 Å². The van der Waals surface area contributed by atoms with Gasteiger partial charge in [-0.15, -0.1) is 0 Å². The Hall–Kier alpha value is 0.110. The zero-order valence-corrected chi connectivity index (χ0v) is 5.26. The molecule has 1 heterocycles. The van der Waals surface area contributed by atoms with E-state index in [-0.39, 0.29) is 12.7 Å². The lowest BCUT2D eigenvalue weighted by Gasteiger charge is -2.12. The molecule has 0 amide bonds. The highest BCUT2D eigenvalue weighted by Gasteiger charge is 2.22. The molecule has 0 bridgehead atoms. The van der Waals surface area contributed by atoms with Gasteiger partial charge in [0.1, 0.15) is 0 Å². The van der Waals surface area contributed by atoms with E-state index in [1.165, 1.54) is 0 Å². The fourth-order valence-electron chi connectivity index (χ4n) is 0.477. The molecule has 2 unspecified atom stereocenters. The smallest absolute Gasteiger partial charge is 0.268 e. The molecule has 1 aliphatic heterocycles. The van der Waals surface area contributed by atoms with Crippen LogP contribution < -0.4 is 4.89 Å².